The molecule has 0 spiro atoms. The topological polar surface area (TPSA) is 85.2 Å². The Kier molecular flexibility index (Phi) is 8.48. The average molecular weight is 534 g/mol. The Balaban J connectivity index is 1.66. The molecule has 0 fully saturated rings. The third-order valence-corrected chi connectivity index (χ3v) is 6.73. The Morgan fingerprint density at radius 1 is 1.03 bits per heavy atom. The van der Waals surface area contributed by atoms with Crippen molar-refractivity contribution in [1.82, 2.24) is 0 Å². The van der Waals surface area contributed by atoms with Gasteiger partial charge >= 0.3 is 5.97 Å². The van der Waals surface area contributed by atoms with Crippen molar-refractivity contribution in [3.05, 3.63) is 116 Å². The molecule has 188 valence electrons. The van der Waals surface area contributed by atoms with Gasteiger partial charge in [-0.05, 0) is 55.3 Å². The van der Waals surface area contributed by atoms with Gasteiger partial charge in [-0.15, -0.1) is 0 Å². The van der Waals surface area contributed by atoms with Crippen LogP contribution in [0.2, 0.25) is 5.02 Å². The Morgan fingerprint density at radius 2 is 1.73 bits per heavy atom. The standard InChI is InChI=1S/C29H24ClNO5S/c1-3-35-29(34)25-26(32)24(37-28(25)31-27(33)22-10-6-4-8-18(22)2)16-20-9-5-7-11-23(20)36-17-19-12-14-21(30)15-13-19/h4-16,32H,3,17H2,1-2H3/b24-16-,31-28?. The minimum atomic E-state index is -0.750. The van der Waals surface area contributed by atoms with E-state index in [0.717, 1.165) is 22.9 Å². The molecule has 4 rings (SSSR count). The number of hydrogen-bond acceptors (Lipinski definition) is 6. The van der Waals surface area contributed by atoms with Gasteiger partial charge in [0.25, 0.3) is 5.91 Å². The zero-order chi connectivity index (χ0) is 26.4. The largest absolute Gasteiger partial charge is 0.506 e. The van der Waals surface area contributed by atoms with Crippen LogP contribution in [0.4, 0.5) is 0 Å². The number of aliphatic hydroxyl groups is 1. The summed E-state index contributed by atoms with van der Waals surface area (Å²) in [6, 6.07) is 21.7. The number of hydrogen-bond donors (Lipinski definition) is 1. The first-order valence-electron chi connectivity index (χ1n) is 11.5. The molecule has 1 heterocycles. The summed E-state index contributed by atoms with van der Waals surface area (Å²) in [5.41, 5.74) is 2.66. The molecule has 0 radical (unpaired) electrons. The van der Waals surface area contributed by atoms with Crippen molar-refractivity contribution in [2.45, 2.75) is 20.5 Å². The second kappa shape index (κ2) is 12.0. The van der Waals surface area contributed by atoms with Gasteiger partial charge in [-0.3, -0.25) is 4.79 Å². The van der Waals surface area contributed by atoms with Crippen molar-refractivity contribution in [3.63, 3.8) is 0 Å². The van der Waals surface area contributed by atoms with E-state index in [0.29, 0.717) is 33.4 Å². The van der Waals surface area contributed by atoms with E-state index in [2.05, 4.69) is 4.99 Å². The van der Waals surface area contributed by atoms with Gasteiger partial charge in [0, 0.05) is 16.1 Å². The summed E-state index contributed by atoms with van der Waals surface area (Å²) in [6.07, 6.45) is 1.69. The van der Waals surface area contributed by atoms with Crippen LogP contribution in [0.1, 0.15) is 34.0 Å². The highest BCUT2D eigenvalue weighted by Gasteiger charge is 2.34. The summed E-state index contributed by atoms with van der Waals surface area (Å²) >= 11 is 6.98. The number of aryl methyl sites for hydroxylation is 1. The maximum atomic E-state index is 12.9. The van der Waals surface area contributed by atoms with Crippen LogP contribution in [0.5, 0.6) is 5.75 Å². The number of aliphatic imine (C=N–C) groups is 1. The first-order valence-corrected chi connectivity index (χ1v) is 12.7. The fraction of sp³-hybridized carbons (Fsp3) is 0.138. The zero-order valence-corrected chi connectivity index (χ0v) is 21.8. The van der Waals surface area contributed by atoms with Crippen molar-refractivity contribution in [2.75, 3.05) is 6.61 Å². The van der Waals surface area contributed by atoms with Gasteiger partial charge in [0.15, 0.2) is 0 Å². The molecule has 0 saturated carbocycles. The average Bonchev–Trinajstić information content (AvgIpc) is 3.19. The Bertz CT molecular complexity index is 1430. The second-order valence-corrected chi connectivity index (χ2v) is 9.51. The lowest BCUT2D eigenvalue weighted by Crippen LogP contribution is -2.14. The van der Waals surface area contributed by atoms with E-state index in [-0.39, 0.29) is 23.0 Å². The number of rotatable bonds is 7. The number of nitrogens with zero attached hydrogens (tertiary/aromatic N) is 1. The molecule has 0 unspecified atom stereocenters. The number of ether oxygens (including phenoxy) is 2. The molecule has 0 aromatic heterocycles. The highest BCUT2D eigenvalue weighted by Crippen LogP contribution is 2.40. The molecule has 0 saturated heterocycles. The first-order chi connectivity index (χ1) is 17.9. The summed E-state index contributed by atoms with van der Waals surface area (Å²) in [5, 5.41) is 11.7. The normalized spacial score (nSPS) is 15.3. The summed E-state index contributed by atoms with van der Waals surface area (Å²) in [7, 11) is 0. The van der Waals surface area contributed by atoms with Gasteiger partial charge in [0.2, 0.25) is 0 Å². The van der Waals surface area contributed by atoms with Gasteiger partial charge in [-0.2, -0.15) is 0 Å². The lowest BCUT2D eigenvalue weighted by Gasteiger charge is -2.10. The van der Waals surface area contributed by atoms with Crippen LogP contribution in [0.3, 0.4) is 0 Å². The molecule has 3 aromatic rings. The Hall–Kier alpha value is -3.81. The van der Waals surface area contributed by atoms with E-state index in [1.807, 2.05) is 42.5 Å². The first kappa shape index (κ1) is 26.3. The number of para-hydroxylation sites is 1. The molecule has 1 aliphatic rings. The lowest BCUT2D eigenvalue weighted by atomic mass is 10.1. The quantitative estimate of drug-likeness (QED) is 0.331. The number of esters is 1. The molecule has 6 nitrogen and oxygen atoms in total. The van der Waals surface area contributed by atoms with Crippen molar-refractivity contribution in [2.24, 2.45) is 4.99 Å². The van der Waals surface area contributed by atoms with Crippen molar-refractivity contribution in [1.29, 1.82) is 0 Å². The van der Waals surface area contributed by atoms with Gasteiger partial charge in [-0.1, -0.05) is 71.9 Å². The molecule has 8 heteroatoms. The van der Waals surface area contributed by atoms with Crippen LogP contribution in [0, 0.1) is 6.92 Å². The molecule has 1 aliphatic heterocycles. The van der Waals surface area contributed by atoms with Gasteiger partial charge in [0.1, 0.15) is 28.7 Å². The van der Waals surface area contributed by atoms with Crippen LogP contribution < -0.4 is 4.74 Å². The molecule has 0 bridgehead atoms. The summed E-state index contributed by atoms with van der Waals surface area (Å²) in [4.78, 5) is 30.1. The van der Waals surface area contributed by atoms with E-state index in [4.69, 9.17) is 21.1 Å². The summed E-state index contributed by atoms with van der Waals surface area (Å²) in [6.45, 7) is 3.90. The van der Waals surface area contributed by atoms with Crippen molar-refractivity contribution >= 4 is 46.4 Å². The smallest absolute Gasteiger partial charge is 0.344 e. The number of carbonyl (C=O) groups is 2. The van der Waals surface area contributed by atoms with Crippen LogP contribution in [0.15, 0.2) is 94.0 Å². The third-order valence-electron chi connectivity index (χ3n) is 5.46. The number of halogens is 1. The van der Waals surface area contributed by atoms with E-state index < -0.39 is 11.9 Å². The van der Waals surface area contributed by atoms with Crippen LogP contribution >= 0.6 is 23.4 Å². The molecule has 3 aromatic carbocycles. The number of thioether (sulfide) groups is 1. The van der Waals surface area contributed by atoms with E-state index in [1.165, 1.54) is 0 Å². The number of carbonyl (C=O) groups excluding carboxylic acids is 2. The summed E-state index contributed by atoms with van der Waals surface area (Å²) < 4.78 is 11.1. The molecule has 1 amide bonds. The van der Waals surface area contributed by atoms with E-state index >= 15 is 0 Å². The van der Waals surface area contributed by atoms with Gasteiger partial charge in [0.05, 0.1) is 11.5 Å². The second-order valence-electron chi connectivity index (χ2n) is 8.04. The van der Waals surface area contributed by atoms with E-state index in [9.17, 15) is 14.7 Å². The number of amides is 1. The van der Waals surface area contributed by atoms with Crippen LogP contribution in [0.25, 0.3) is 6.08 Å². The van der Waals surface area contributed by atoms with Crippen LogP contribution in [-0.2, 0) is 16.1 Å². The molecular formula is C29H24ClNO5S. The molecule has 0 aliphatic carbocycles. The molecule has 37 heavy (non-hydrogen) atoms. The van der Waals surface area contributed by atoms with Crippen molar-refractivity contribution in [3.8, 4) is 5.75 Å². The maximum absolute atomic E-state index is 12.9. The minimum Gasteiger partial charge on any atom is -0.506 e. The number of benzene rings is 3. The monoisotopic (exact) mass is 533 g/mol. The maximum Gasteiger partial charge on any atom is 0.344 e. The summed E-state index contributed by atoms with van der Waals surface area (Å²) in [5.74, 6) is -0.979. The Morgan fingerprint density at radius 3 is 2.46 bits per heavy atom. The predicted molar refractivity (Wildman–Crippen MR) is 147 cm³/mol. The van der Waals surface area contributed by atoms with Gasteiger partial charge < -0.3 is 14.6 Å². The minimum absolute atomic E-state index is 0.0787. The molecule has 0 atom stereocenters. The Labute approximate surface area is 224 Å². The highest BCUT2D eigenvalue weighted by atomic mass is 35.5. The van der Waals surface area contributed by atoms with Gasteiger partial charge in [-0.25, -0.2) is 9.79 Å². The van der Waals surface area contributed by atoms with Crippen molar-refractivity contribution < 1.29 is 24.2 Å². The zero-order valence-electron chi connectivity index (χ0n) is 20.2. The number of aliphatic hydroxyl groups excluding tert-OH is 1. The SMILES string of the molecule is CCOC(=O)C1=C(O)/C(=C/c2ccccc2OCc2ccc(Cl)cc2)SC1=NC(=O)c1ccccc1C. The van der Waals surface area contributed by atoms with E-state index in [1.54, 1.807) is 50.3 Å². The highest BCUT2D eigenvalue weighted by molar-refractivity contribution is 8.18. The van der Waals surface area contributed by atoms with Crippen LogP contribution in [-0.4, -0.2) is 28.6 Å². The molecule has 1 N–H and O–H groups in total. The lowest BCUT2D eigenvalue weighted by molar-refractivity contribution is -0.138. The molecular weight excluding hydrogens is 510 g/mol. The fourth-order valence-corrected chi connectivity index (χ4v) is 4.70. The third kappa shape index (κ3) is 6.31. The predicted octanol–water partition coefficient (Wildman–Crippen LogP) is 6.93. The fourth-order valence-electron chi connectivity index (χ4n) is 3.57.